The number of methoxy groups -OCH3 is 3. The van der Waals surface area contributed by atoms with E-state index in [1.807, 2.05) is 115 Å². The molecule has 2 aliphatic heterocycles. The lowest BCUT2D eigenvalue weighted by Gasteiger charge is -2.37. The molecule has 5 N–H and O–H groups in total. The van der Waals surface area contributed by atoms with Crippen LogP contribution in [0.25, 0.3) is 21.8 Å². The first-order valence-electron chi connectivity index (χ1n) is 27.2. The van der Waals surface area contributed by atoms with Crippen molar-refractivity contribution >= 4 is 46.8 Å². The second kappa shape index (κ2) is 25.6. The number of aryl methyl sites for hydroxylation is 2. The number of hydrogen-bond donors (Lipinski definition) is 5. The summed E-state index contributed by atoms with van der Waals surface area (Å²) in [5, 5.41) is 20.4. The maximum absolute atomic E-state index is 15.6. The van der Waals surface area contributed by atoms with Crippen molar-refractivity contribution in [2.75, 3.05) is 52.9 Å². The fraction of sp³-hybridized carbons (Fsp3) is 0.350. The molecular weight excluding hydrogens is 1110 g/mol. The predicted molar refractivity (Wildman–Crippen MR) is 313 cm³/mol. The lowest BCUT2D eigenvalue weighted by atomic mass is 9.80. The van der Waals surface area contributed by atoms with Gasteiger partial charge in [-0.25, -0.2) is 24.2 Å². The summed E-state index contributed by atoms with van der Waals surface area (Å²) in [6, 6.07) is 35.8. The molecule has 3 aromatic heterocycles. The van der Waals surface area contributed by atoms with Crippen LogP contribution in [-0.4, -0.2) is 101 Å². The molecule has 2 saturated heterocycles. The van der Waals surface area contributed by atoms with E-state index in [1.165, 1.54) is 21.5 Å². The number of halogens is 1. The number of fused-ring (bicyclic) bond motifs is 2. The first-order chi connectivity index (χ1) is 40.1. The largest absolute Gasteiger partial charge is 0.497 e. The number of H-pyrrole nitrogens is 2. The van der Waals surface area contributed by atoms with Crippen LogP contribution in [0.5, 0.6) is 17.2 Å². The zero-order chi connectivity index (χ0) is 58.4. The van der Waals surface area contributed by atoms with Crippen LogP contribution in [0.4, 0.5) is 5.69 Å². The minimum absolute atomic E-state index is 0.0468. The van der Waals surface area contributed by atoms with Crippen molar-refractivity contribution in [3.05, 3.63) is 202 Å². The number of unbranched alkanes of at least 4 members (excludes halogenated alkanes) is 2. The van der Waals surface area contributed by atoms with Crippen molar-refractivity contribution in [1.29, 1.82) is 0 Å². The molecule has 23 heteroatoms. The maximum atomic E-state index is 15.6. The summed E-state index contributed by atoms with van der Waals surface area (Å²) < 4.78 is 67.8. The Morgan fingerprint density at radius 3 is 1.88 bits per heavy atom. The van der Waals surface area contributed by atoms with Gasteiger partial charge in [0.15, 0.2) is 0 Å². The van der Waals surface area contributed by atoms with Gasteiger partial charge in [0.2, 0.25) is 0 Å². The number of nitrogens with zero attached hydrogens (tertiary/aromatic N) is 3. The molecule has 436 valence electrons. The van der Waals surface area contributed by atoms with E-state index in [2.05, 4.69) is 20.4 Å². The van der Waals surface area contributed by atoms with Crippen molar-refractivity contribution in [2.24, 2.45) is 0 Å². The van der Waals surface area contributed by atoms with E-state index in [9.17, 15) is 24.3 Å². The molecule has 0 spiro atoms. The second-order valence-electron chi connectivity index (χ2n) is 20.4. The summed E-state index contributed by atoms with van der Waals surface area (Å²) in [6.45, 7) is 3.13. The summed E-state index contributed by atoms with van der Waals surface area (Å²) in [6.07, 6.45) is -2.03. The third-order valence-corrected chi connectivity index (χ3v) is 16.9. The summed E-state index contributed by atoms with van der Waals surface area (Å²) >= 11 is 6.39. The highest BCUT2D eigenvalue weighted by atomic mass is 35.5. The minimum Gasteiger partial charge on any atom is -0.497 e. The number of aromatic nitrogens is 5. The number of pyridine rings is 1. The molecule has 5 heterocycles. The standard InChI is InChI=1S/C60H65ClN7O14P/c1-36-32-67(58(72)65-56(36)70)53-30-49(69)51(80-53)35-79-83(74,63-27-11-7-10-26-62-55-45-24-18-41(61)28-48(45)64-47-25-23-44(77-5)29-46(47)55)82-50-31-54(68-33-37(2)57(71)66-59(68)73)81-52(50)34-78-60(38-12-8-6-9-13-38,39-14-19-42(75-3)20-15-39)40-16-21-43(76-4)22-17-40/h6,8-9,12-25,28-29,32-33,49-54,69H,7,10-11,26-27,30-31,34-35H2,1-5H3,(H,62,64)(H,63,74)(H,65,70,72)(H,66,71,73)/t49-,50-,51+,52+,53+,54+,83-/m0/s1. The average Bonchev–Trinajstić information content (AvgIpc) is 2.77. The number of rotatable bonds is 24. The Morgan fingerprint density at radius 2 is 1.25 bits per heavy atom. The lowest BCUT2D eigenvalue weighted by Crippen LogP contribution is -2.39. The zero-order valence-electron chi connectivity index (χ0n) is 46.4. The van der Waals surface area contributed by atoms with Crippen LogP contribution in [0, 0.1) is 13.8 Å². The first-order valence-corrected chi connectivity index (χ1v) is 29.1. The third kappa shape index (κ3) is 12.9. The van der Waals surface area contributed by atoms with Crippen LogP contribution in [0.2, 0.25) is 5.02 Å². The van der Waals surface area contributed by atoms with Crippen molar-refractivity contribution in [3.8, 4) is 17.2 Å². The molecule has 83 heavy (non-hydrogen) atoms. The predicted octanol–water partition coefficient (Wildman–Crippen LogP) is 8.41. The van der Waals surface area contributed by atoms with E-state index >= 15 is 4.57 Å². The van der Waals surface area contributed by atoms with Gasteiger partial charge in [-0.05, 0) is 104 Å². The van der Waals surface area contributed by atoms with E-state index in [0.29, 0.717) is 48.1 Å². The normalized spacial score (nSPS) is 19.7. The summed E-state index contributed by atoms with van der Waals surface area (Å²) in [5.74, 6) is 1.92. The van der Waals surface area contributed by atoms with Crippen LogP contribution < -0.4 is 47.1 Å². The molecule has 10 rings (SSSR count). The fourth-order valence-electron chi connectivity index (χ4n) is 10.6. The number of anilines is 1. The van der Waals surface area contributed by atoms with Crippen LogP contribution in [0.3, 0.4) is 0 Å². The van der Waals surface area contributed by atoms with Gasteiger partial charge in [-0.1, -0.05) is 72.6 Å². The highest BCUT2D eigenvalue weighted by Crippen LogP contribution is 2.50. The topological polar surface area (TPSA) is 258 Å². The molecule has 0 amide bonds. The SMILES string of the molecule is COc1ccc(C(OC[C@H]2O[C@@H](n3cc(C)c(=O)[nH]c3=O)C[C@@H]2O[P@](=O)(NCCCCCNc2c3ccc(Cl)cc3nc3ccc(OC)cc23)OC[C@H]2O[C@@H](n3cc(C)c(=O)[nH]c3=O)C[C@@H]2O)(c2ccccc2)c2ccc(OC)cc2)cc1. The lowest BCUT2D eigenvalue weighted by molar-refractivity contribution is -0.0937. The fourth-order valence-corrected chi connectivity index (χ4v) is 12.3. The summed E-state index contributed by atoms with van der Waals surface area (Å²) in [4.78, 5) is 60.8. The molecular formula is C60H65ClN7O14P. The summed E-state index contributed by atoms with van der Waals surface area (Å²) in [7, 11) is 0.292. The number of aliphatic hydroxyl groups is 1. The number of nitrogens with one attached hydrogen (secondary N) is 4. The van der Waals surface area contributed by atoms with Crippen LogP contribution >= 0.6 is 19.3 Å². The van der Waals surface area contributed by atoms with Crippen LogP contribution in [-0.2, 0) is 33.4 Å². The molecule has 0 unspecified atom stereocenters. The van der Waals surface area contributed by atoms with Gasteiger partial charge in [-0.3, -0.25) is 37.7 Å². The molecule has 0 bridgehead atoms. The minimum atomic E-state index is -4.49. The van der Waals surface area contributed by atoms with Crippen molar-refractivity contribution in [3.63, 3.8) is 0 Å². The first kappa shape index (κ1) is 58.8. The maximum Gasteiger partial charge on any atom is 0.405 e. The number of aromatic amines is 2. The molecule has 8 aromatic rings. The van der Waals surface area contributed by atoms with E-state index in [1.54, 1.807) is 35.2 Å². The Morgan fingerprint density at radius 1 is 0.675 bits per heavy atom. The smallest absolute Gasteiger partial charge is 0.405 e. The third-order valence-electron chi connectivity index (χ3n) is 15.0. The molecule has 5 aromatic carbocycles. The Labute approximate surface area is 482 Å². The Bertz CT molecular complexity index is 3830. The highest BCUT2D eigenvalue weighted by Gasteiger charge is 2.47. The van der Waals surface area contributed by atoms with Gasteiger partial charge in [0.25, 0.3) is 11.1 Å². The Balaban J connectivity index is 0.938. The van der Waals surface area contributed by atoms with Gasteiger partial charge >= 0.3 is 19.1 Å². The van der Waals surface area contributed by atoms with Gasteiger partial charge in [0.05, 0.1) is 57.4 Å². The molecule has 0 aliphatic carbocycles. The molecule has 2 aliphatic rings. The summed E-state index contributed by atoms with van der Waals surface area (Å²) in [5.41, 5.74) is 1.18. The van der Waals surface area contributed by atoms with Crippen LogP contribution in [0.15, 0.2) is 147 Å². The van der Waals surface area contributed by atoms with Gasteiger partial charge in [0.1, 0.15) is 53.6 Å². The zero-order valence-corrected chi connectivity index (χ0v) is 48.0. The Kier molecular flexibility index (Phi) is 18.1. The van der Waals surface area contributed by atoms with Gasteiger partial charge in [-0.15, -0.1) is 0 Å². The molecule has 21 nitrogen and oxygen atoms in total. The number of benzene rings is 5. The number of hydrogen-bond acceptors (Lipinski definition) is 16. The van der Waals surface area contributed by atoms with Gasteiger partial charge in [0, 0.05) is 65.2 Å². The Hall–Kier alpha value is -7.43. The van der Waals surface area contributed by atoms with Crippen molar-refractivity contribution in [2.45, 2.75) is 88.4 Å². The van der Waals surface area contributed by atoms with E-state index < -0.39 is 79.3 Å². The van der Waals surface area contributed by atoms with E-state index in [0.717, 1.165) is 44.2 Å². The van der Waals surface area contributed by atoms with E-state index in [-0.39, 0.29) is 37.1 Å². The number of aliphatic hydroxyl groups excluding tert-OH is 1. The number of ether oxygens (including phenoxy) is 6. The molecule has 7 atom stereocenters. The molecule has 2 fully saturated rings. The molecule has 0 saturated carbocycles. The molecule has 0 radical (unpaired) electrons. The van der Waals surface area contributed by atoms with Crippen molar-refractivity contribution < 1.29 is 47.1 Å². The average molecular weight is 1170 g/mol. The van der Waals surface area contributed by atoms with Crippen molar-refractivity contribution in [1.82, 2.24) is 29.2 Å². The monoisotopic (exact) mass is 1170 g/mol. The van der Waals surface area contributed by atoms with E-state index in [4.69, 9.17) is 54.1 Å². The van der Waals surface area contributed by atoms with Crippen LogP contribution in [0.1, 0.15) is 72.4 Å². The van der Waals surface area contributed by atoms with Gasteiger partial charge < -0.3 is 38.8 Å². The quantitative estimate of drug-likeness (QED) is 0.0165. The highest BCUT2D eigenvalue weighted by molar-refractivity contribution is 7.51. The second-order valence-corrected chi connectivity index (χ2v) is 22.7. The van der Waals surface area contributed by atoms with Gasteiger partial charge in [-0.2, -0.15) is 0 Å².